The van der Waals surface area contributed by atoms with Crippen molar-refractivity contribution in [2.75, 3.05) is 52.7 Å². The van der Waals surface area contributed by atoms with E-state index in [-0.39, 0.29) is 26.4 Å². The van der Waals surface area contributed by atoms with Gasteiger partial charge in [0, 0.05) is 32.3 Å². The summed E-state index contributed by atoms with van der Waals surface area (Å²) < 4.78 is 23.2. The van der Waals surface area contributed by atoms with Crippen LogP contribution in [0.4, 0.5) is 0 Å². The molecule has 39 heavy (non-hydrogen) atoms. The number of aliphatic hydroxyl groups is 2. The fourth-order valence-corrected chi connectivity index (χ4v) is 5.20. The zero-order valence-corrected chi connectivity index (χ0v) is 26.4. The summed E-state index contributed by atoms with van der Waals surface area (Å²) in [5.74, 6) is 0. The molecule has 0 fully saturated rings. The van der Waals surface area contributed by atoms with Crippen LogP contribution < -0.4 is 0 Å². The van der Waals surface area contributed by atoms with Gasteiger partial charge in [0.25, 0.3) is 0 Å². The van der Waals surface area contributed by atoms with Crippen LogP contribution in [0.25, 0.3) is 0 Å². The van der Waals surface area contributed by atoms with Crippen LogP contribution >= 0.6 is 0 Å². The summed E-state index contributed by atoms with van der Waals surface area (Å²) in [7, 11) is 0. The fraction of sp³-hybridized carbons (Fsp3) is 1.00. The molecule has 3 unspecified atom stereocenters. The Morgan fingerprint density at radius 2 is 0.897 bits per heavy atom. The quantitative estimate of drug-likeness (QED) is 0.0671. The van der Waals surface area contributed by atoms with Crippen LogP contribution in [-0.2, 0) is 18.9 Å². The Balaban J connectivity index is 4.45. The Kier molecular flexibility index (Phi) is 30.5. The molecule has 0 aliphatic heterocycles. The average Bonchev–Trinajstić information content (AvgIpc) is 2.94. The second kappa shape index (κ2) is 30.7. The van der Waals surface area contributed by atoms with Crippen molar-refractivity contribution < 1.29 is 29.2 Å². The lowest BCUT2D eigenvalue weighted by molar-refractivity contribution is -0.183. The molecular formula is C32H67NO6. The Hall–Kier alpha value is -0.280. The maximum atomic E-state index is 9.23. The van der Waals surface area contributed by atoms with Gasteiger partial charge in [-0.05, 0) is 26.7 Å². The van der Waals surface area contributed by atoms with E-state index in [1.54, 1.807) is 0 Å². The van der Waals surface area contributed by atoms with Gasteiger partial charge in [-0.2, -0.15) is 0 Å². The number of hydrogen-bond acceptors (Lipinski definition) is 7. The van der Waals surface area contributed by atoms with Gasteiger partial charge in [-0.1, -0.05) is 110 Å². The lowest BCUT2D eigenvalue weighted by atomic mass is 10.0. The fourth-order valence-electron chi connectivity index (χ4n) is 5.20. The molecule has 7 nitrogen and oxygen atoms in total. The van der Waals surface area contributed by atoms with Crippen molar-refractivity contribution in [2.24, 2.45) is 0 Å². The van der Waals surface area contributed by atoms with E-state index in [9.17, 15) is 10.2 Å². The van der Waals surface area contributed by atoms with Gasteiger partial charge in [-0.15, -0.1) is 0 Å². The van der Waals surface area contributed by atoms with Crippen LogP contribution in [0, 0.1) is 0 Å². The van der Waals surface area contributed by atoms with E-state index in [1.807, 2.05) is 13.8 Å². The predicted octanol–water partition coefficient (Wildman–Crippen LogP) is 7.07. The predicted molar refractivity (Wildman–Crippen MR) is 162 cm³/mol. The third-order valence-corrected chi connectivity index (χ3v) is 7.39. The molecule has 0 amide bonds. The molecule has 0 rings (SSSR count). The molecule has 0 radical (unpaired) electrons. The molecule has 0 aliphatic rings. The third-order valence-electron chi connectivity index (χ3n) is 7.39. The summed E-state index contributed by atoms with van der Waals surface area (Å²) in [4.78, 5) is 2.36. The summed E-state index contributed by atoms with van der Waals surface area (Å²) in [6.45, 7) is 11.2. The summed E-state index contributed by atoms with van der Waals surface area (Å²) in [5.41, 5.74) is 0. The Labute approximate surface area is 242 Å². The number of nitrogens with zero attached hydrogens (tertiary/aromatic N) is 1. The third kappa shape index (κ3) is 24.1. The van der Waals surface area contributed by atoms with Gasteiger partial charge in [0.05, 0.1) is 26.4 Å². The maximum absolute atomic E-state index is 9.23. The van der Waals surface area contributed by atoms with Gasteiger partial charge >= 0.3 is 0 Å². The van der Waals surface area contributed by atoms with Gasteiger partial charge in [0.1, 0.15) is 0 Å². The van der Waals surface area contributed by atoms with Crippen molar-refractivity contribution in [2.45, 2.75) is 155 Å². The first-order valence-electron chi connectivity index (χ1n) is 16.6. The van der Waals surface area contributed by atoms with Crippen molar-refractivity contribution in [3.63, 3.8) is 0 Å². The number of ether oxygens (including phenoxy) is 4. The Morgan fingerprint density at radius 3 is 1.23 bits per heavy atom. The van der Waals surface area contributed by atoms with E-state index in [2.05, 4.69) is 18.7 Å². The second-order valence-corrected chi connectivity index (χ2v) is 10.7. The van der Waals surface area contributed by atoms with E-state index in [1.165, 1.54) is 96.3 Å². The molecule has 0 bridgehead atoms. The Morgan fingerprint density at radius 1 is 0.513 bits per heavy atom. The molecule has 236 valence electrons. The number of hydrogen-bond donors (Lipinski definition) is 2. The van der Waals surface area contributed by atoms with E-state index in [0.29, 0.717) is 32.3 Å². The van der Waals surface area contributed by atoms with Crippen molar-refractivity contribution in [3.8, 4) is 0 Å². The van der Waals surface area contributed by atoms with E-state index in [0.717, 1.165) is 12.8 Å². The first-order valence-corrected chi connectivity index (χ1v) is 16.6. The molecule has 2 N–H and O–H groups in total. The van der Waals surface area contributed by atoms with Crippen molar-refractivity contribution in [1.82, 2.24) is 4.90 Å². The van der Waals surface area contributed by atoms with Gasteiger partial charge in [0.15, 0.2) is 12.6 Å². The first-order chi connectivity index (χ1) is 19.2. The summed E-state index contributed by atoms with van der Waals surface area (Å²) in [6.07, 6.45) is 21.9. The standard InChI is InChI=1S/C32H67NO6/c1-5-9-10-11-12-13-14-15-16-17-18-19-20-21-22-23-30(6-2)33(28-31(36-7-3)38-26-24-34)29-32(37-8-4)39-27-25-35/h30-32,34-35H,5-29H2,1-4H3. The monoisotopic (exact) mass is 561 g/mol. The first kappa shape index (κ1) is 38.7. The summed E-state index contributed by atoms with van der Waals surface area (Å²) in [6, 6.07) is 0.369. The largest absolute Gasteiger partial charge is 0.394 e. The molecule has 0 saturated heterocycles. The Bertz CT molecular complexity index is 450. The van der Waals surface area contributed by atoms with Crippen LogP contribution in [-0.4, -0.2) is 86.5 Å². The van der Waals surface area contributed by atoms with Crippen molar-refractivity contribution >= 4 is 0 Å². The summed E-state index contributed by atoms with van der Waals surface area (Å²) >= 11 is 0. The zero-order valence-electron chi connectivity index (χ0n) is 26.4. The molecule has 7 heteroatoms. The highest BCUT2D eigenvalue weighted by Gasteiger charge is 2.25. The zero-order chi connectivity index (χ0) is 28.8. The highest BCUT2D eigenvalue weighted by Crippen LogP contribution is 2.19. The molecule has 0 aromatic rings. The lowest BCUT2D eigenvalue weighted by Crippen LogP contribution is -2.47. The maximum Gasteiger partial charge on any atom is 0.170 e. The molecule has 3 atom stereocenters. The minimum Gasteiger partial charge on any atom is -0.394 e. The molecule has 0 spiro atoms. The van der Waals surface area contributed by atoms with Crippen LogP contribution in [0.15, 0.2) is 0 Å². The minimum absolute atomic E-state index is 0.0267. The normalized spacial score (nSPS) is 14.2. The van der Waals surface area contributed by atoms with E-state index in [4.69, 9.17) is 18.9 Å². The van der Waals surface area contributed by atoms with Crippen LogP contribution in [0.3, 0.4) is 0 Å². The van der Waals surface area contributed by atoms with Crippen LogP contribution in [0.2, 0.25) is 0 Å². The van der Waals surface area contributed by atoms with Crippen LogP contribution in [0.5, 0.6) is 0 Å². The molecule has 0 saturated carbocycles. The number of rotatable bonds is 32. The molecular weight excluding hydrogens is 494 g/mol. The van der Waals surface area contributed by atoms with Crippen LogP contribution in [0.1, 0.15) is 137 Å². The molecule has 0 heterocycles. The van der Waals surface area contributed by atoms with Gasteiger partial charge in [-0.25, -0.2) is 0 Å². The van der Waals surface area contributed by atoms with E-state index < -0.39 is 12.6 Å². The SMILES string of the molecule is CCCCCCCCCCCCCCCCCC(CC)N(CC(OCC)OCCO)CC(OCC)OCCO. The molecule has 0 aliphatic carbocycles. The highest BCUT2D eigenvalue weighted by molar-refractivity contribution is 4.74. The topological polar surface area (TPSA) is 80.6 Å². The van der Waals surface area contributed by atoms with Gasteiger partial charge < -0.3 is 29.2 Å². The average molecular weight is 562 g/mol. The van der Waals surface area contributed by atoms with Crippen molar-refractivity contribution in [1.29, 1.82) is 0 Å². The van der Waals surface area contributed by atoms with Gasteiger partial charge in [-0.3, -0.25) is 4.90 Å². The second-order valence-electron chi connectivity index (χ2n) is 10.7. The smallest absolute Gasteiger partial charge is 0.170 e. The van der Waals surface area contributed by atoms with Crippen molar-refractivity contribution in [3.05, 3.63) is 0 Å². The molecule has 0 aromatic heterocycles. The number of unbranched alkanes of at least 4 members (excludes halogenated alkanes) is 14. The summed E-state index contributed by atoms with van der Waals surface area (Å²) in [5, 5.41) is 18.5. The van der Waals surface area contributed by atoms with E-state index >= 15 is 0 Å². The molecule has 0 aromatic carbocycles. The van der Waals surface area contributed by atoms with Gasteiger partial charge in [0.2, 0.25) is 0 Å². The number of aliphatic hydroxyl groups excluding tert-OH is 2. The lowest BCUT2D eigenvalue weighted by Gasteiger charge is -2.36. The minimum atomic E-state index is -0.405. The highest BCUT2D eigenvalue weighted by atomic mass is 16.7.